The van der Waals surface area contributed by atoms with Crippen molar-refractivity contribution >= 4 is 0 Å². The summed E-state index contributed by atoms with van der Waals surface area (Å²) in [6, 6.07) is 0. The van der Waals surface area contributed by atoms with E-state index in [2.05, 4.69) is 40.7 Å². The molecule has 0 heterocycles. The van der Waals surface area contributed by atoms with Crippen molar-refractivity contribution in [1.29, 1.82) is 0 Å². The number of aliphatic hydroxyl groups is 1. The minimum atomic E-state index is -0.0626. The van der Waals surface area contributed by atoms with E-state index in [1.807, 2.05) is 0 Å². The third kappa shape index (κ3) is 3.32. The van der Waals surface area contributed by atoms with E-state index in [0.29, 0.717) is 22.7 Å². The van der Waals surface area contributed by atoms with Crippen LogP contribution in [0.1, 0.15) is 105 Å². The molecule has 0 aliphatic heterocycles. The third-order valence-corrected chi connectivity index (χ3v) is 10.2. The van der Waals surface area contributed by atoms with Crippen molar-refractivity contribution in [3.8, 4) is 0 Å². The largest absolute Gasteiger partial charge is 0.393 e. The van der Waals surface area contributed by atoms with E-state index in [9.17, 15) is 5.11 Å². The van der Waals surface area contributed by atoms with Crippen LogP contribution in [0.2, 0.25) is 0 Å². The zero-order chi connectivity index (χ0) is 20.1. The molecule has 3 unspecified atom stereocenters. The van der Waals surface area contributed by atoms with Crippen molar-refractivity contribution in [3.05, 3.63) is 11.6 Å². The second kappa shape index (κ2) is 7.75. The maximum absolute atomic E-state index is 11.2. The normalized spacial score (nSPS) is 46.5. The molecule has 0 aromatic heterocycles. The number of rotatable bonds is 5. The van der Waals surface area contributed by atoms with E-state index < -0.39 is 0 Å². The molecular weight excluding hydrogens is 340 g/mol. The monoisotopic (exact) mass is 386 g/mol. The molecule has 28 heavy (non-hydrogen) atoms. The average Bonchev–Trinajstić information content (AvgIpc) is 2.91. The minimum Gasteiger partial charge on any atom is -0.393 e. The van der Waals surface area contributed by atoms with Gasteiger partial charge in [0.15, 0.2) is 0 Å². The Balaban J connectivity index is 1.53. The summed E-state index contributed by atoms with van der Waals surface area (Å²) in [5, 5.41) is 11.2. The zero-order valence-corrected chi connectivity index (χ0v) is 19.3. The van der Waals surface area contributed by atoms with E-state index in [-0.39, 0.29) is 6.10 Å². The number of fused-ring (bicyclic) bond motifs is 5. The summed E-state index contributed by atoms with van der Waals surface area (Å²) < 4.78 is 0. The number of hydrogen-bond acceptors (Lipinski definition) is 1. The Kier molecular flexibility index (Phi) is 5.80. The summed E-state index contributed by atoms with van der Waals surface area (Å²) in [6.45, 7) is 12.3. The fraction of sp³-hybridized carbons (Fsp3) is 0.926. The van der Waals surface area contributed by atoms with Crippen LogP contribution in [0.3, 0.4) is 0 Å². The summed E-state index contributed by atoms with van der Waals surface area (Å²) in [5.41, 5.74) is 2.66. The molecule has 1 N–H and O–H groups in total. The molecule has 3 fully saturated rings. The van der Waals surface area contributed by atoms with Gasteiger partial charge in [-0.15, -0.1) is 0 Å². The van der Waals surface area contributed by atoms with Crippen LogP contribution in [0.25, 0.3) is 0 Å². The molecule has 0 aromatic rings. The summed E-state index contributed by atoms with van der Waals surface area (Å²) in [5.74, 6) is 4.45. The first-order valence-electron chi connectivity index (χ1n) is 12.6. The lowest BCUT2D eigenvalue weighted by molar-refractivity contribution is -0.0558. The first-order chi connectivity index (χ1) is 13.3. The van der Waals surface area contributed by atoms with E-state index in [4.69, 9.17) is 0 Å². The van der Waals surface area contributed by atoms with Crippen LogP contribution in [0.4, 0.5) is 0 Å². The van der Waals surface area contributed by atoms with Crippen molar-refractivity contribution in [2.75, 3.05) is 0 Å². The Bertz CT molecular complexity index is 591. The molecule has 1 nitrogen and oxygen atoms in total. The number of aliphatic hydroxyl groups excluding tert-OH is 1. The van der Waals surface area contributed by atoms with Gasteiger partial charge in [0.25, 0.3) is 0 Å². The highest BCUT2D eigenvalue weighted by Crippen LogP contribution is 2.67. The lowest BCUT2D eigenvalue weighted by Crippen LogP contribution is -2.50. The van der Waals surface area contributed by atoms with Gasteiger partial charge < -0.3 is 5.11 Å². The Morgan fingerprint density at radius 1 is 1.07 bits per heavy atom. The molecule has 0 aromatic carbocycles. The van der Waals surface area contributed by atoms with Gasteiger partial charge in [0, 0.05) is 0 Å². The average molecular weight is 387 g/mol. The molecule has 1 heteroatoms. The van der Waals surface area contributed by atoms with Crippen molar-refractivity contribution in [3.63, 3.8) is 0 Å². The van der Waals surface area contributed by atoms with Crippen molar-refractivity contribution < 1.29 is 5.11 Å². The maximum atomic E-state index is 11.2. The standard InChI is InChI=1S/C27H46O/c1-18(2)9-8-10-19(3)25-24(28)17-23-21-13-12-20-11-6-7-15-26(20,4)22(21)14-16-27(23,25)5/h12,18-19,21-25,28H,6-11,13-17H2,1-5H3/t19-,21?,22?,23?,24+,25+,26+,27+/m1/s1. The van der Waals surface area contributed by atoms with Gasteiger partial charge in [0.2, 0.25) is 0 Å². The first kappa shape index (κ1) is 21.0. The van der Waals surface area contributed by atoms with Crippen molar-refractivity contribution in [1.82, 2.24) is 0 Å². The Hall–Kier alpha value is -0.300. The third-order valence-electron chi connectivity index (χ3n) is 10.2. The molecule has 0 amide bonds. The summed E-state index contributed by atoms with van der Waals surface area (Å²) in [7, 11) is 0. The molecular formula is C27H46O. The second-order valence-corrected chi connectivity index (χ2v) is 12.1. The Morgan fingerprint density at radius 2 is 1.86 bits per heavy atom. The first-order valence-corrected chi connectivity index (χ1v) is 12.6. The number of hydrogen-bond donors (Lipinski definition) is 1. The Labute approximate surface area is 174 Å². The van der Waals surface area contributed by atoms with Gasteiger partial charge in [-0.1, -0.05) is 72.0 Å². The molecule has 0 bridgehead atoms. The summed E-state index contributed by atoms with van der Waals surface area (Å²) in [6.07, 6.45) is 17.3. The molecule has 4 rings (SSSR count). The molecule has 0 radical (unpaired) electrons. The molecule has 0 saturated heterocycles. The van der Waals surface area contributed by atoms with Gasteiger partial charge in [-0.05, 0) is 91.3 Å². The fourth-order valence-corrected chi connectivity index (χ4v) is 8.81. The highest BCUT2D eigenvalue weighted by Gasteiger charge is 2.61. The van der Waals surface area contributed by atoms with Gasteiger partial charge in [-0.3, -0.25) is 0 Å². The Morgan fingerprint density at radius 3 is 2.61 bits per heavy atom. The highest BCUT2D eigenvalue weighted by atomic mass is 16.3. The lowest BCUT2D eigenvalue weighted by Gasteiger charge is -2.58. The van der Waals surface area contributed by atoms with Crippen LogP contribution in [-0.2, 0) is 0 Å². The molecule has 0 spiro atoms. The van der Waals surface area contributed by atoms with Gasteiger partial charge in [0.05, 0.1) is 6.10 Å². The lowest BCUT2D eigenvalue weighted by atomic mass is 9.47. The summed E-state index contributed by atoms with van der Waals surface area (Å²) >= 11 is 0. The highest BCUT2D eigenvalue weighted by molar-refractivity contribution is 5.24. The maximum Gasteiger partial charge on any atom is 0.0579 e. The van der Waals surface area contributed by atoms with Crippen LogP contribution in [0, 0.1) is 46.3 Å². The minimum absolute atomic E-state index is 0.0626. The van der Waals surface area contributed by atoms with Crippen molar-refractivity contribution in [2.24, 2.45) is 46.3 Å². The smallest absolute Gasteiger partial charge is 0.0579 e. The van der Waals surface area contributed by atoms with Gasteiger partial charge in [-0.25, -0.2) is 0 Å². The van der Waals surface area contributed by atoms with Crippen LogP contribution in [-0.4, -0.2) is 11.2 Å². The molecule has 160 valence electrons. The predicted molar refractivity (Wildman–Crippen MR) is 119 cm³/mol. The van der Waals surface area contributed by atoms with Gasteiger partial charge in [0.1, 0.15) is 0 Å². The number of allylic oxidation sites excluding steroid dienone is 2. The molecule has 3 saturated carbocycles. The van der Waals surface area contributed by atoms with Crippen LogP contribution in [0.15, 0.2) is 11.6 Å². The van der Waals surface area contributed by atoms with Crippen LogP contribution < -0.4 is 0 Å². The van der Waals surface area contributed by atoms with Gasteiger partial charge >= 0.3 is 0 Å². The molecule has 8 atom stereocenters. The van der Waals surface area contributed by atoms with E-state index in [1.165, 1.54) is 64.2 Å². The quantitative estimate of drug-likeness (QED) is 0.488. The van der Waals surface area contributed by atoms with Gasteiger partial charge in [-0.2, -0.15) is 0 Å². The van der Waals surface area contributed by atoms with E-state index in [1.54, 1.807) is 5.57 Å². The topological polar surface area (TPSA) is 20.2 Å². The summed E-state index contributed by atoms with van der Waals surface area (Å²) in [4.78, 5) is 0. The van der Waals surface area contributed by atoms with E-state index >= 15 is 0 Å². The van der Waals surface area contributed by atoms with Crippen LogP contribution >= 0.6 is 0 Å². The molecule has 4 aliphatic rings. The second-order valence-electron chi connectivity index (χ2n) is 12.1. The van der Waals surface area contributed by atoms with E-state index in [0.717, 1.165) is 30.1 Å². The fourth-order valence-electron chi connectivity index (χ4n) is 8.81. The predicted octanol–water partition coefficient (Wildman–Crippen LogP) is 7.39. The zero-order valence-electron chi connectivity index (χ0n) is 19.3. The SMILES string of the molecule is CC(C)CCC[C@@H](C)[C@H]1[C@@H](O)CC2C3CC=C4CCCC[C@]4(C)C3CC[C@@]21C. The van der Waals surface area contributed by atoms with Crippen LogP contribution in [0.5, 0.6) is 0 Å². The molecule has 4 aliphatic carbocycles. The van der Waals surface area contributed by atoms with Crippen molar-refractivity contribution in [2.45, 2.75) is 111 Å².